The van der Waals surface area contributed by atoms with Crippen molar-refractivity contribution >= 4 is 36.1 Å². The van der Waals surface area contributed by atoms with E-state index in [1.807, 2.05) is 0 Å². The molecule has 0 radical (unpaired) electrons. The lowest BCUT2D eigenvalue weighted by atomic mass is 10.0. The summed E-state index contributed by atoms with van der Waals surface area (Å²) in [6.07, 6.45) is -0.303. The minimum atomic E-state index is -0.699. The second-order valence-electron chi connectivity index (χ2n) is 8.05. The van der Waals surface area contributed by atoms with Crippen LogP contribution in [-0.2, 0) is 39.9 Å². The molecule has 11 nitrogen and oxygen atoms in total. The number of hydrogen-bond acceptors (Lipinski definition) is 10. The monoisotopic (exact) mass is 503 g/mol. The van der Waals surface area contributed by atoms with Crippen LogP contribution in [0.3, 0.4) is 0 Å². The Morgan fingerprint density at radius 3 is 1.92 bits per heavy atom. The zero-order valence-corrected chi connectivity index (χ0v) is 20.8. The first kappa shape index (κ1) is 30.3. The highest BCUT2D eigenvalue weighted by Gasteiger charge is 2.13. The summed E-state index contributed by atoms with van der Waals surface area (Å²) in [7, 11) is 0. The molecular formula is C25H33N3O8. The third-order valence-electron chi connectivity index (χ3n) is 4.53. The van der Waals surface area contributed by atoms with E-state index in [0.29, 0.717) is 43.3 Å². The molecule has 36 heavy (non-hydrogen) atoms. The van der Waals surface area contributed by atoms with Crippen LogP contribution in [0.4, 0.5) is 4.79 Å². The highest BCUT2D eigenvalue weighted by Crippen LogP contribution is 2.12. The lowest BCUT2D eigenvalue weighted by molar-refractivity contribution is -0.146. The summed E-state index contributed by atoms with van der Waals surface area (Å²) >= 11 is 0. The molecule has 1 aromatic rings. The minimum absolute atomic E-state index is 0.00294. The van der Waals surface area contributed by atoms with Gasteiger partial charge in [-0.2, -0.15) is 0 Å². The molecule has 0 saturated carbocycles. The quantitative estimate of drug-likeness (QED) is 0.0958. The maximum absolute atomic E-state index is 12.1. The molecule has 1 aromatic carbocycles. The molecule has 2 atom stereocenters. The summed E-state index contributed by atoms with van der Waals surface area (Å²) in [6.45, 7) is 9.72. The fourth-order valence-electron chi connectivity index (χ4n) is 2.75. The average molecular weight is 504 g/mol. The Balaban J connectivity index is 2.33. The van der Waals surface area contributed by atoms with Gasteiger partial charge in [0.05, 0.1) is 13.2 Å². The predicted molar refractivity (Wildman–Crippen MR) is 132 cm³/mol. The lowest BCUT2D eigenvalue weighted by Gasteiger charge is -2.15. The fraction of sp³-hybridized carbons (Fsp3) is 0.440. The second-order valence-corrected chi connectivity index (χ2v) is 8.05. The molecule has 0 aliphatic heterocycles. The molecule has 0 aliphatic rings. The van der Waals surface area contributed by atoms with Crippen molar-refractivity contribution < 1.29 is 38.1 Å². The van der Waals surface area contributed by atoms with Gasteiger partial charge in [0.1, 0.15) is 23.6 Å². The first-order valence-electron chi connectivity index (χ1n) is 11.3. The van der Waals surface area contributed by atoms with E-state index in [-0.39, 0.29) is 48.4 Å². The number of amides is 1. The first-order valence-corrected chi connectivity index (χ1v) is 11.3. The van der Waals surface area contributed by atoms with Gasteiger partial charge in [-0.25, -0.2) is 9.59 Å². The van der Waals surface area contributed by atoms with Gasteiger partial charge in [0.15, 0.2) is 12.6 Å². The van der Waals surface area contributed by atoms with Crippen LogP contribution in [0.25, 0.3) is 0 Å². The third-order valence-corrected chi connectivity index (χ3v) is 4.53. The lowest BCUT2D eigenvalue weighted by Crippen LogP contribution is -2.29. The molecule has 2 unspecified atom stereocenters. The molecule has 1 amide bonds. The van der Waals surface area contributed by atoms with Gasteiger partial charge >= 0.3 is 12.1 Å². The molecule has 3 N–H and O–H groups in total. The van der Waals surface area contributed by atoms with Crippen molar-refractivity contribution in [3.63, 3.8) is 0 Å². The number of alkyl carbamates (subject to hydrolysis) is 1. The van der Waals surface area contributed by atoms with Crippen LogP contribution in [-0.4, -0.2) is 74.7 Å². The highest BCUT2D eigenvalue weighted by atomic mass is 16.6. The van der Waals surface area contributed by atoms with Gasteiger partial charge < -0.3 is 24.3 Å². The standard InChI is InChI=1S/C25H33N3O8/c1-16(2)24(31)35-17(3)14-33-6-5-7-34-15-18(4)36-25(32)28-11-19-8-20(22(26)12-29)10-21(9-19)23(27)13-30/h8-10,12-13,17-18,26-27H,1,5-7,11,14-15H2,2-4H3,(H,28,32). The molecular weight excluding hydrogens is 470 g/mol. The summed E-state index contributed by atoms with van der Waals surface area (Å²) in [5.74, 6) is -0.456. The van der Waals surface area contributed by atoms with Crippen molar-refractivity contribution in [2.24, 2.45) is 0 Å². The maximum atomic E-state index is 12.1. The van der Waals surface area contributed by atoms with Gasteiger partial charge in [0, 0.05) is 36.5 Å². The van der Waals surface area contributed by atoms with Crippen LogP contribution >= 0.6 is 0 Å². The number of rotatable bonds is 17. The predicted octanol–water partition coefficient (Wildman–Crippen LogP) is 2.37. The SMILES string of the molecule is C=C(C)C(=O)OC(C)COCCCOCC(C)OC(=O)NCc1cc(C(=N)C=O)cc(C(=N)C=O)c1. The number of esters is 1. The minimum Gasteiger partial charge on any atom is -0.457 e. The summed E-state index contributed by atoms with van der Waals surface area (Å²) < 4.78 is 21.2. The molecule has 1 rings (SSSR count). The normalized spacial score (nSPS) is 12.1. The number of carbonyl (C=O) groups is 4. The number of hydrogen-bond donors (Lipinski definition) is 3. The summed E-state index contributed by atoms with van der Waals surface area (Å²) in [5, 5.41) is 17.9. The number of benzene rings is 1. The second kappa shape index (κ2) is 16.1. The summed E-state index contributed by atoms with van der Waals surface area (Å²) in [4.78, 5) is 45.3. The maximum Gasteiger partial charge on any atom is 0.407 e. The molecule has 0 heterocycles. The van der Waals surface area contributed by atoms with Gasteiger partial charge in [0.25, 0.3) is 0 Å². The Kier molecular flexibility index (Phi) is 13.5. The number of carbonyl (C=O) groups excluding carboxylic acids is 4. The van der Waals surface area contributed by atoms with Crippen molar-refractivity contribution in [3.05, 3.63) is 47.0 Å². The molecule has 0 spiro atoms. The van der Waals surface area contributed by atoms with Gasteiger partial charge in [-0.05, 0) is 51.0 Å². The Hall–Kier alpha value is -3.70. The van der Waals surface area contributed by atoms with E-state index in [0.717, 1.165) is 0 Å². The molecule has 0 bridgehead atoms. The zero-order valence-electron chi connectivity index (χ0n) is 20.8. The zero-order chi connectivity index (χ0) is 27.1. The van der Waals surface area contributed by atoms with Crippen molar-refractivity contribution in [1.82, 2.24) is 5.32 Å². The van der Waals surface area contributed by atoms with Crippen LogP contribution in [0.2, 0.25) is 0 Å². The number of ether oxygens (including phenoxy) is 4. The summed E-state index contributed by atoms with van der Waals surface area (Å²) in [5.41, 5.74) is 0.660. The first-order chi connectivity index (χ1) is 17.1. The van der Waals surface area contributed by atoms with Crippen LogP contribution in [0.15, 0.2) is 30.4 Å². The highest BCUT2D eigenvalue weighted by molar-refractivity contribution is 6.37. The Labute approximate surface area is 210 Å². The Morgan fingerprint density at radius 1 is 0.944 bits per heavy atom. The molecule has 0 aliphatic carbocycles. The van der Waals surface area contributed by atoms with Crippen LogP contribution in [0, 0.1) is 10.8 Å². The van der Waals surface area contributed by atoms with Crippen molar-refractivity contribution in [1.29, 1.82) is 10.8 Å². The molecule has 0 fully saturated rings. The van der Waals surface area contributed by atoms with Gasteiger partial charge in [-0.1, -0.05) is 6.58 Å². The van der Waals surface area contributed by atoms with E-state index in [4.69, 9.17) is 29.8 Å². The largest absolute Gasteiger partial charge is 0.457 e. The van der Waals surface area contributed by atoms with Crippen LogP contribution in [0.5, 0.6) is 0 Å². The number of aldehydes is 2. The van der Waals surface area contributed by atoms with E-state index in [9.17, 15) is 19.2 Å². The Bertz CT molecular complexity index is 938. The van der Waals surface area contributed by atoms with E-state index >= 15 is 0 Å². The van der Waals surface area contributed by atoms with Crippen molar-refractivity contribution in [3.8, 4) is 0 Å². The van der Waals surface area contributed by atoms with E-state index in [1.165, 1.54) is 18.2 Å². The smallest absolute Gasteiger partial charge is 0.407 e. The van der Waals surface area contributed by atoms with Gasteiger partial charge in [0.2, 0.25) is 0 Å². The average Bonchev–Trinajstić information content (AvgIpc) is 2.85. The van der Waals surface area contributed by atoms with Gasteiger partial charge in [-0.3, -0.25) is 20.4 Å². The third kappa shape index (κ3) is 11.6. The van der Waals surface area contributed by atoms with Gasteiger partial charge in [-0.15, -0.1) is 0 Å². The number of nitrogens with one attached hydrogen (secondary N) is 3. The molecule has 196 valence electrons. The van der Waals surface area contributed by atoms with Crippen molar-refractivity contribution in [2.45, 2.75) is 45.9 Å². The van der Waals surface area contributed by atoms with Crippen LogP contribution < -0.4 is 5.32 Å². The van der Waals surface area contributed by atoms with Crippen LogP contribution in [0.1, 0.15) is 43.9 Å². The van der Waals surface area contributed by atoms with E-state index < -0.39 is 18.2 Å². The Morgan fingerprint density at radius 2 is 1.44 bits per heavy atom. The van der Waals surface area contributed by atoms with Crippen molar-refractivity contribution in [2.75, 3.05) is 26.4 Å². The van der Waals surface area contributed by atoms with E-state index in [2.05, 4.69) is 11.9 Å². The fourth-order valence-corrected chi connectivity index (χ4v) is 2.75. The molecule has 0 saturated heterocycles. The topological polar surface area (TPSA) is 165 Å². The summed E-state index contributed by atoms with van der Waals surface area (Å²) in [6, 6.07) is 4.41. The van der Waals surface area contributed by atoms with E-state index in [1.54, 1.807) is 20.8 Å². The molecule has 0 aromatic heterocycles. The molecule has 11 heteroatoms.